The summed E-state index contributed by atoms with van der Waals surface area (Å²) in [5, 5.41) is 0. The zero-order chi connectivity index (χ0) is 17.7. The van der Waals surface area contributed by atoms with Gasteiger partial charge >= 0.3 is 0 Å². The van der Waals surface area contributed by atoms with Crippen LogP contribution in [0.1, 0.15) is 31.4 Å². The summed E-state index contributed by atoms with van der Waals surface area (Å²) in [6.07, 6.45) is 4.74. The highest BCUT2D eigenvalue weighted by Crippen LogP contribution is 2.23. The number of sulfonamides is 1. The molecule has 1 unspecified atom stereocenters. The van der Waals surface area contributed by atoms with Crippen molar-refractivity contribution in [3.8, 4) is 0 Å². The Morgan fingerprint density at radius 2 is 2.08 bits per heavy atom. The number of ether oxygens (including phenoxy) is 1. The largest absolute Gasteiger partial charge is 0.468 e. The van der Waals surface area contributed by atoms with E-state index in [0.29, 0.717) is 25.5 Å². The van der Waals surface area contributed by atoms with E-state index in [9.17, 15) is 13.2 Å². The second-order valence-electron chi connectivity index (χ2n) is 6.86. The van der Waals surface area contributed by atoms with Gasteiger partial charge in [-0.05, 0) is 43.7 Å². The van der Waals surface area contributed by atoms with Crippen molar-refractivity contribution >= 4 is 15.9 Å². The highest BCUT2D eigenvalue weighted by molar-refractivity contribution is 7.89. The average Bonchev–Trinajstić information content (AvgIpc) is 3.14. The number of piperidine rings is 1. The topological polar surface area (TPSA) is 88.8 Å². The lowest BCUT2D eigenvalue weighted by atomic mass is 9.95. The van der Waals surface area contributed by atoms with E-state index in [1.165, 1.54) is 6.26 Å². The number of furan rings is 1. The van der Waals surface area contributed by atoms with Gasteiger partial charge in [-0.3, -0.25) is 4.79 Å². The Morgan fingerprint density at radius 3 is 2.80 bits per heavy atom. The minimum Gasteiger partial charge on any atom is -0.468 e. The van der Waals surface area contributed by atoms with E-state index in [1.54, 1.807) is 12.1 Å². The average molecular weight is 370 g/mol. The summed E-state index contributed by atoms with van der Waals surface area (Å²) in [5.41, 5.74) is 0. The summed E-state index contributed by atoms with van der Waals surface area (Å²) in [7, 11) is -3.40. The van der Waals surface area contributed by atoms with E-state index in [1.807, 2.05) is 4.90 Å². The van der Waals surface area contributed by atoms with E-state index < -0.39 is 10.0 Å². The molecule has 140 valence electrons. The number of nitrogens with one attached hydrogen (secondary N) is 1. The van der Waals surface area contributed by atoms with Gasteiger partial charge in [0.25, 0.3) is 0 Å². The number of nitrogens with zero attached hydrogens (tertiary/aromatic N) is 1. The van der Waals surface area contributed by atoms with Crippen LogP contribution in [0, 0.1) is 11.8 Å². The van der Waals surface area contributed by atoms with Crippen LogP contribution in [-0.2, 0) is 26.1 Å². The van der Waals surface area contributed by atoms with Crippen LogP contribution in [-0.4, -0.2) is 51.3 Å². The van der Waals surface area contributed by atoms with Crippen molar-refractivity contribution in [3.63, 3.8) is 0 Å². The number of hydrogen-bond donors (Lipinski definition) is 1. The number of rotatable bonds is 6. The molecule has 0 radical (unpaired) electrons. The van der Waals surface area contributed by atoms with Gasteiger partial charge in [0.05, 0.1) is 18.6 Å². The monoisotopic (exact) mass is 370 g/mol. The Hall–Kier alpha value is -1.38. The van der Waals surface area contributed by atoms with Gasteiger partial charge in [0, 0.05) is 32.2 Å². The van der Waals surface area contributed by atoms with Gasteiger partial charge in [-0.15, -0.1) is 0 Å². The fourth-order valence-corrected chi connectivity index (χ4v) is 4.94. The molecule has 0 bridgehead atoms. The standard InChI is InChI=1S/C17H26N2O5S/c20-17(15-5-9-23-10-6-15)19-7-1-3-14(12-19)13-25(21,22)18-11-16-4-2-8-24-16/h2,4,8,14-15,18H,1,3,5-7,9-13H2. The molecule has 25 heavy (non-hydrogen) atoms. The highest BCUT2D eigenvalue weighted by atomic mass is 32.2. The van der Waals surface area contributed by atoms with Gasteiger partial charge in [0.15, 0.2) is 0 Å². The van der Waals surface area contributed by atoms with Gasteiger partial charge in [-0.1, -0.05) is 0 Å². The minimum absolute atomic E-state index is 0.0216. The van der Waals surface area contributed by atoms with Crippen LogP contribution in [0.3, 0.4) is 0 Å². The van der Waals surface area contributed by atoms with Crippen LogP contribution in [0.5, 0.6) is 0 Å². The molecule has 0 spiro atoms. The van der Waals surface area contributed by atoms with Crippen molar-refractivity contribution in [2.24, 2.45) is 11.8 Å². The SMILES string of the molecule is O=C(C1CCOCC1)N1CCCC(CS(=O)(=O)NCc2ccco2)C1. The summed E-state index contributed by atoms with van der Waals surface area (Å²) in [5.74, 6) is 0.802. The molecule has 1 aromatic rings. The van der Waals surface area contributed by atoms with Crippen LogP contribution in [0.2, 0.25) is 0 Å². The predicted octanol–water partition coefficient (Wildman–Crippen LogP) is 1.36. The second-order valence-corrected chi connectivity index (χ2v) is 8.71. The summed E-state index contributed by atoms with van der Waals surface area (Å²) >= 11 is 0. The quantitative estimate of drug-likeness (QED) is 0.817. The highest BCUT2D eigenvalue weighted by Gasteiger charge is 2.31. The molecule has 3 rings (SSSR count). The Kier molecular flexibility index (Phi) is 6.14. The zero-order valence-electron chi connectivity index (χ0n) is 14.4. The molecule has 0 saturated carbocycles. The Morgan fingerprint density at radius 1 is 1.28 bits per heavy atom. The van der Waals surface area contributed by atoms with Crippen LogP contribution in [0.15, 0.2) is 22.8 Å². The summed E-state index contributed by atoms with van der Waals surface area (Å²) in [6.45, 7) is 2.69. The zero-order valence-corrected chi connectivity index (χ0v) is 15.2. The number of hydrogen-bond acceptors (Lipinski definition) is 5. The van der Waals surface area contributed by atoms with E-state index >= 15 is 0 Å². The van der Waals surface area contributed by atoms with Gasteiger partial charge in [-0.2, -0.15) is 0 Å². The molecular weight excluding hydrogens is 344 g/mol. The summed E-state index contributed by atoms with van der Waals surface area (Å²) < 4.78 is 37.6. The van der Waals surface area contributed by atoms with E-state index in [2.05, 4.69) is 4.72 Å². The van der Waals surface area contributed by atoms with Crippen molar-refractivity contribution < 1.29 is 22.4 Å². The maximum atomic E-state index is 12.6. The molecule has 7 nitrogen and oxygen atoms in total. The van der Waals surface area contributed by atoms with Crippen molar-refractivity contribution in [1.29, 1.82) is 0 Å². The molecule has 0 aromatic carbocycles. The molecule has 3 heterocycles. The minimum atomic E-state index is -3.40. The lowest BCUT2D eigenvalue weighted by molar-refractivity contribution is -0.140. The first-order valence-corrected chi connectivity index (χ1v) is 10.5. The first-order chi connectivity index (χ1) is 12.0. The molecule has 2 aliphatic rings. The molecule has 2 saturated heterocycles. The summed E-state index contributed by atoms with van der Waals surface area (Å²) in [4.78, 5) is 14.5. The third kappa shape index (κ3) is 5.29. The molecule has 1 aromatic heterocycles. The summed E-state index contributed by atoms with van der Waals surface area (Å²) in [6, 6.07) is 3.46. The lowest BCUT2D eigenvalue weighted by Crippen LogP contribution is -2.46. The second kappa shape index (κ2) is 8.33. The van der Waals surface area contributed by atoms with Gasteiger partial charge < -0.3 is 14.1 Å². The number of carbonyl (C=O) groups excluding carboxylic acids is 1. The van der Waals surface area contributed by atoms with Crippen LogP contribution in [0.25, 0.3) is 0 Å². The van der Waals surface area contributed by atoms with E-state index in [0.717, 1.165) is 32.2 Å². The van der Waals surface area contributed by atoms with Crippen molar-refractivity contribution in [1.82, 2.24) is 9.62 Å². The maximum absolute atomic E-state index is 12.6. The third-order valence-electron chi connectivity index (χ3n) is 4.90. The lowest BCUT2D eigenvalue weighted by Gasteiger charge is -2.35. The maximum Gasteiger partial charge on any atom is 0.225 e. The number of likely N-dealkylation sites (tertiary alicyclic amines) is 1. The first-order valence-electron chi connectivity index (χ1n) is 8.90. The van der Waals surface area contributed by atoms with Crippen LogP contribution in [0.4, 0.5) is 0 Å². The fourth-order valence-electron chi connectivity index (χ4n) is 3.57. The normalized spacial score (nSPS) is 22.9. The molecule has 1 amide bonds. The fraction of sp³-hybridized carbons (Fsp3) is 0.706. The van der Waals surface area contributed by atoms with Crippen molar-refractivity contribution in [2.75, 3.05) is 32.1 Å². The van der Waals surface area contributed by atoms with Crippen LogP contribution >= 0.6 is 0 Å². The molecule has 1 atom stereocenters. The number of amides is 1. The molecular formula is C17H26N2O5S. The third-order valence-corrected chi connectivity index (χ3v) is 6.40. The van der Waals surface area contributed by atoms with Crippen molar-refractivity contribution in [2.45, 2.75) is 32.2 Å². The first kappa shape index (κ1) is 18.4. The molecule has 1 N–H and O–H groups in total. The molecule has 2 aliphatic heterocycles. The van der Waals surface area contributed by atoms with Crippen LogP contribution < -0.4 is 4.72 Å². The van der Waals surface area contributed by atoms with Crippen molar-refractivity contribution in [3.05, 3.63) is 24.2 Å². The van der Waals surface area contributed by atoms with E-state index in [-0.39, 0.29) is 30.0 Å². The van der Waals surface area contributed by atoms with Gasteiger partial charge in [0.1, 0.15) is 5.76 Å². The Balaban J connectivity index is 1.51. The smallest absolute Gasteiger partial charge is 0.225 e. The molecule has 2 fully saturated rings. The number of carbonyl (C=O) groups is 1. The Labute approximate surface area is 148 Å². The molecule has 0 aliphatic carbocycles. The molecule has 8 heteroatoms. The van der Waals surface area contributed by atoms with Gasteiger partial charge in [-0.25, -0.2) is 13.1 Å². The Bertz CT molecular complexity index is 653. The predicted molar refractivity (Wildman–Crippen MR) is 92.2 cm³/mol. The van der Waals surface area contributed by atoms with Gasteiger partial charge in [0.2, 0.25) is 15.9 Å². The van der Waals surface area contributed by atoms with E-state index in [4.69, 9.17) is 9.15 Å².